The number of nitrogens with one attached hydrogen (secondary N) is 4. The lowest BCUT2D eigenvalue weighted by Crippen LogP contribution is -2.45. The maximum Gasteiger partial charge on any atom is 0.329 e. The van der Waals surface area contributed by atoms with Crippen LogP contribution in [0.2, 0.25) is 0 Å². The van der Waals surface area contributed by atoms with Gasteiger partial charge in [0, 0.05) is 94.0 Å². The first-order chi connectivity index (χ1) is 30.6. The summed E-state index contributed by atoms with van der Waals surface area (Å²) in [4.78, 5) is 65.2. The Bertz CT molecular complexity index is 2960. The third-order valence-electron chi connectivity index (χ3n) is 12.6. The Balaban J connectivity index is 0.768. The molecule has 3 amide bonds. The zero-order valence-corrected chi connectivity index (χ0v) is 35.3. The van der Waals surface area contributed by atoms with Crippen LogP contribution >= 0.6 is 0 Å². The second-order valence-electron chi connectivity index (χ2n) is 16.8. The Morgan fingerprint density at radius 3 is 2.41 bits per heavy atom. The van der Waals surface area contributed by atoms with Gasteiger partial charge in [-0.15, -0.1) is 5.10 Å². The minimum atomic E-state index is -0.728. The monoisotopic (exact) mass is 844 g/mol. The zero-order chi connectivity index (χ0) is 43.4. The van der Waals surface area contributed by atoms with Gasteiger partial charge in [0.1, 0.15) is 6.04 Å². The highest BCUT2D eigenvalue weighted by molar-refractivity contribution is 6.01. The lowest BCUT2D eigenvalue weighted by molar-refractivity contribution is -0.135. The van der Waals surface area contributed by atoms with Crippen LogP contribution in [0.15, 0.2) is 102 Å². The molecule has 2 aliphatic heterocycles. The fraction of sp³-hybridized carbons (Fsp3) is 0.298. The Morgan fingerprint density at radius 1 is 0.889 bits per heavy atom. The number of piperidine rings is 1. The van der Waals surface area contributed by atoms with Crippen LogP contribution in [-0.2, 0) is 23.2 Å². The summed E-state index contributed by atoms with van der Waals surface area (Å²) in [7, 11) is 3.55. The van der Waals surface area contributed by atoms with Gasteiger partial charge in [-0.3, -0.25) is 38.7 Å². The van der Waals surface area contributed by atoms with Crippen molar-refractivity contribution in [1.29, 1.82) is 0 Å². The average Bonchev–Trinajstić information content (AvgIpc) is 3.70. The Morgan fingerprint density at radius 2 is 1.68 bits per heavy atom. The molecule has 1 unspecified atom stereocenters. The molecule has 320 valence electrons. The van der Waals surface area contributed by atoms with E-state index in [4.69, 9.17) is 10.1 Å². The minimum Gasteiger partial charge on any atom is -0.385 e. The number of aromatic nitrogens is 6. The van der Waals surface area contributed by atoms with Crippen molar-refractivity contribution in [1.82, 2.24) is 44.2 Å². The molecule has 4 N–H and O–H groups in total. The number of hydrogen-bond donors (Lipinski definition) is 4. The van der Waals surface area contributed by atoms with Gasteiger partial charge in [0.05, 0.1) is 28.6 Å². The average molecular weight is 845 g/mol. The van der Waals surface area contributed by atoms with E-state index in [2.05, 4.69) is 79.4 Å². The fourth-order valence-electron chi connectivity index (χ4n) is 8.90. The first-order valence-corrected chi connectivity index (χ1v) is 21.4. The molecule has 4 aromatic heterocycles. The molecule has 3 aromatic carbocycles. The van der Waals surface area contributed by atoms with E-state index < -0.39 is 11.9 Å². The number of imidazole rings is 2. The van der Waals surface area contributed by atoms with Crippen LogP contribution < -0.4 is 31.9 Å². The number of pyridine rings is 1. The van der Waals surface area contributed by atoms with Crippen LogP contribution in [0.25, 0.3) is 39.1 Å². The van der Waals surface area contributed by atoms with Gasteiger partial charge in [0.2, 0.25) is 11.8 Å². The molecular formula is C47H48N12O4. The van der Waals surface area contributed by atoms with Crippen LogP contribution in [0.1, 0.15) is 48.3 Å². The number of carbonyl (C=O) groups is 3. The van der Waals surface area contributed by atoms with E-state index in [0.717, 1.165) is 89.7 Å². The summed E-state index contributed by atoms with van der Waals surface area (Å²) in [6, 6.07) is 27.8. The number of hydrogen-bond acceptors (Lipinski definition) is 11. The lowest BCUT2D eigenvalue weighted by atomic mass is 10.0. The van der Waals surface area contributed by atoms with E-state index in [1.165, 1.54) is 4.57 Å². The number of benzene rings is 3. The molecule has 1 aliphatic carbocycles. The van der Waals surface area contributed by atoms with Crippen LogP contribution in [0.5, 0.6) is 0 Å². The molecule has 7 aromatic rings. The van der Waals surface area contributed by atoms with Crippen molar-refractivity contribution in [2.75, 3.05) is 48.8 Å². The fourth-order valence-corrected chi connectivity index (χ4v) is 8.90. The molecular weight excluding hydrogens is 797 g/mol. The van der Waals surface area contributed by atoms with E-state index in [1.807, 2.05) is 61.8 Å². The highest BCUT2D eigenvalue weighted by atomic mass is 16.2. The molecule has 6 heterocycles. The van der Waals surface area contributed by atoms with Crippen molar-refractivity contribution in [3.05, 3.63) is 119 Å². The number of anilines is 4. The van der Waals surface area contributed by atoms with Crippen LogP contribution in [-0.4, -0.2) is 90.6 Å². The number of imide groups is 1. The van der Waals surface area contributed by atoms with Gasteiger partial charge >= 0.3 is 5.69 Å². The molecule has 2 saturated heterocycles. The number of piperazine rings is 1. The van der Waals surface area contributed by atoms with Gasteiger partial charge in [-0.2, -0.15) is 0 Å². The normalized spacial score (nSPS) is 19.0. The Hall–Kier alpha value is -7.33. The highest BCUT2D eigenvalue weighted by Crippen LogP contribution is 2.33. The number of nitrogens with zero attached hydrogens (tertiary/aromatic N) is 8. The predicted octanol–water partition coefficient (Wildman–Crippen LogP) is 5.34. The topological polar surface area (TPSA) is 176 Å². The first-order valence-electron chi connectivity index (χ1n) is 21.4. The van der Waals surface area contributed by atoms with Crippen LogP contribution in [0.4, 0.5) is 22.9 Å². The van der Waals surface area contributed by atoms with Crippen molar-refractivity contribution in [2.45, 2.75) is 44.8 Å². The van der Waals surface area contributed by atoms with Gasteiger partial charge in [-0.05, 0) is 66.3 Å². The van der Waals surface area contributed by atoms with Crippen LogP contribution in [0, 0.1) is 5.92 Å². The van der Waals surface area contributed by atoms with Crippen molar-refractivity contribution < 1.29 is 14.4 Å². The second-order valence-corrected chi connectivity index (χ2v) is 16.8. The Kier molecular flexibility index (Phi) is 10.2. The highest BCUT2D eigenvalue weighted by Gasteiger charge is 2.35. The Labute approximate surface area is 362 Å². The SMILES string of the molecule is CNc1cc(Nc2cccc(-c3ccc(CN4CCN(c5ccc(-c6cccc7c6n(C)c(=O)n7C6CCC(=O)NC6=O)cc5)CC4)cn3)c2)nn2c(C(=O)N[C@@H]3C[C@@H]3C)cnc12. The molecule has 0 radical (unpaired) electrons. The van der Waals surface area contributed by atoms with E-state index >= 15 is 0 Å². The molecule has 3 aliphatic rings. The summed E-state index contributed by atoms with van der Waals surface area (Å²) in [5.41, 5.74) is 9.69. The molecule has 1 saturated carbocycles. The summed E-state index contributed by atoms with van der Waals surface area (Å²) >= 11 is 0. The van der Waals surface area contributed by atoms with Gasteiger partial charge < -0.3 is 20.9 Å². The molecule has 3 fully saturated rings. The summed E-state index contributed by atoms with van der Waals surface area (Å²) in [6.45, 7) is 6.51. The molecule has 10 rings (SSSR count). The van der Waals surface area contributed by atoms with Crippen molar-refractivity contribution in [3.63, 3.8) is 0 Å². The summed E-state index contributed by atoms with van der Waals surface area (Å²) < 4.78 is 4.70. The first kappa shape index (κ1) is 39.8. The summed E-state index contributed by atoms with van der Waals surface area (Å²) in [5.74, 6) is 0.117. The van der Waals surface area contributed by atoms with E-state index in [-0.39, 0.29) is 30.0 Å². The van der Waals surface area contributed by atoms with E-state index in [0.29, 0.717) is 35.0 Å². The van der Waals surface area contributed by atoms with E-state index in [9.17, 15) is 19.2 Å². The standard InChI is InChI=1S/C47H48N12O4/c1-28-22-36(28)52-46(62)40-26-50-44-37(48-2)24-41(54-59(40)44)51-32-7-4-6-31(23-32)35-15-10-29(25-49-35)27-56-18-20-57(21-19-56)33-13-11-30(12-14-33)34-8-5-9-38-43(34)55(3)47(63)58(38)39-16-17-42(60)53-45(39)61/h4-15,23-26,28,36,39,48H,16-22,27H2,1-3H3,(H,51,54)(H,52,62)(H,53,60,61)/t28-,36+,39?/m0/s1. The largest absolute Gasteiger partial charge is 0.385 e. The van der Waals surface area contributed by atoms with Crippen molar-refractivity contribution >= 4 is 57.3 Å². The van der Waals surface area contributed by atoms with Gasteiger partial charge in [-0.25, -0.2) is 14.3 Å². The van der Waals surface area contributed by atoms with Crippen molar-refractivity contribution in [3.8, 4) is 22.4 Å². The van der Waals surface area contributed by atoms with Crippen molar-refractivity contribution in [2.24, 2.45) is 13.0 Å². The zero-order valence-electron chi connectivity index (χ0n) is 35.3. The number of rotatable bonds is 11. The van der Waals surface area contributed by atoms with Crippen LogP contribution in [0.3, 0.4) is 0 Å². The molecule has 63 heavy (non-hydrogen) atoms. The minimum absolute atomic E-state index is 0.184. The number of para-hydroxylation sites is 1. The number of amides is 3. The molecule has 16 heteroatoms. The molecule has 16 nitrogen and oxygen atoms in total. The molecule has 3 atom stereocenters. The molecule has 0 bridgehead atoms. The maximum absolute atomic E-state index is 13.5. The van der Waals surface area contributed by atoms with Gasteiger partial charge in [0.15, 0.2) is 17.2 Å². The maximum atomic E-state index is 13.5. The quantitative estimate of drug-likeness (QED) is 0.124. The number of fused-ring (bicyclic) bond motifs is 2. The summed E-state index contributed by atoms with van der Waals surface area (Å²) in [6.07, 6.45) is 5.00. The third-order valence-corrected chi connectivity index (χ3v) is 12.6. The third kappa shape index (κ3) is 7.66. The van der Waals surface area contributed by atoms with E-state index in [1.54, 1.807) is 22.3 Å². The second kappa shape index (κ2) is 16.2. The van der Waals surface area contributed by atoms with Gasteiger partial charge in [-0.1, -0.05) is 49.4 Å². The summed E-state index contributed by atoms with van der Waals surface area (Å²) in [5, 5.41) is 16.8. The lowest BCUT2D eigenvalue weighted by Gasteiger charge is -2.36. The number of aryl methyl sites for hydroxylation is 1. The number of carbonyl (C=O) groups excluding carboxylic acids is 3. The molecule has 0 spiro atoms. The smallest absolute Gasteiger partial charge is 0.329 e. The van der Waals surface area contributed by atoms with Gasteiger partial charge in [0.25, 0.3) is 5.91 Å². The predicted molar refractivity (Wildman–Crippen MR) is 242 cm³/mol.